The summed E-state index contributed by atoms with van der Waals surface area (Å²) in [7, 11) is 1.62. The first-order chi connectivity index (χ1) is 15.2. The number of ether oxygens (including phenoxy) is 2. The second kappa shape index (κ2) is 9.24. The van der Waals surface area contributed by atoms with Crippen molar-refractivity contribution in [2.24, 2.45) is 0 Å². The van der Waals surface area contributed by atoms with Crippen LogP contribution in [0.2, 0.25) is 0 Å². The fourth-order valence-corrected chi connectivity index (χ4v) is 3.20. The van der Waals surface area contributed by atoms with Crippen molar-refractivity contribution in [2.75, 3.05) is 19.0 Å². The molecule has 31 heavy (non-hydrogen) atoms. The van der Waals surface area contributed by atoms with Gasteiger partial charge in [-0.25, -0.2) is 4.79 Å². The van der Waals surface area contributed by atoms with Gasteiger partial charge in [-0.15, -0.1) is 10.2 Å². The first-order valence-electron chi connectivity index (χ1n) is 9.98. The zero-order chi connectivity index (χ0) is 21.6. The number of nitrogens with zero attached hydrogens (tertiary/aromatic N) is 5. The third kappa shape index (κ3) is 4.63. The molecule has 1 amide bonds. The second-order valence-electron chi connectivity index (χ2n) is 6.95. The summed E-state index contributed by atoms with van der Waals surface area (Å²) in [5.41, 5.74) is 3.27. The third-order valence-corrected chi connectivity index (χ3v) is 4.83. The standard InChI is InChI=1S/C21H23N7O3/c1-3-4-9-31-21(29)23-17-8-7-15-12-22-28(18(15)11-17)13-16-6-5-14(10-19(16)30-2)20-24-26-27-25-20/h5-8,10-12H,3-4,9,13H2,1-2H3,(H,23,29)(H,24,25,26,27). The number of carbonyl (C=O) groups excluding carboxylic acids is 1. The molecule has 160 valence electrons. The summed E-state index contributed by atoms with van der Waals surface area (Å²) in [5, 5.41) is 22.3. The number of methoxy groups -OCH3 is 1. The predicted octanol–water partition coefficient (Wildman–Crippen LogP) is 3.62. The highest BCUT2D eigenvalue weighted by Gasteiger charge is 2.12. The monoisotopic (exact) mass is 421 g/mol. The Morgan fingerprint density at radius 3 is 2.90 bits per heavy atom. The number of aromatic nitrogens is 6. The Morgan fingerprint density at radius 1 is 1.23 bits per heavy atom. The number of carbonyl (C=O) groups is 1. The van der Waals surface area contributed by atoms with E-state index in [9.17, 15) is 4.79 Å². The number of tetrazole rings is 1. The highest BCUT2D eigenvalue weighted by atomic mass is 16.5. The van der Waals surface area contributed by atoms with Crippen molar-refractivity contribution in [1.29, 1.82) is 0 Å². The predicted molar refractivity (Wildman–Crippen MR) is 115 cm³/mol. The van der Waals surface area contributed by atoms with Crippen LogP contribution in [0.25, 0.3) is 22.3 Å². The number of hydrogen-bond acceptors (Lipinski definition) is 7. The van der Waals surface area contributed by atoms with Crippen LogP contribution < -0.4 is 10.1 Å². The molecular weight excluding hydrogens is 398 g/mol. The minimum Gasteiger partial charge on any atom is -0.496 e. The van der Waals surface area contributed by atoms with Gasteiger partial charge in [-0.1, -0.05) is 25.5 Å². The van der Waals surface area contributed by atoms with Crippen LogP contribution >= 0.6 is 0 Å². The minimum absolute atomic E-state index is 0.405. The summed E-state index contributed by atoms with van der Waals surface area (Å²) >= 11 is 0. The number of amides is 1. The molecule has 10 heteroatoms. The normalized spacial score (nSPS) is 10.9. The first-order valence-corrected chi connectivity index (χ1v) is 9.98. The molecule has 0 unspecified atom stereocenters. The molecule has 2 N–H and O–H groups in total. The molecule has 0 saturated carbocycles. The van der Waals surface area contributed by atoms with Gasteiger partial charge in [0.15, 0.2) is 0 Å². The van der Waals surface area contributed by atoms with Gasteiger partial charge in [0.25, 0.3) is 0 Å². The van der Waals surface area contributed by atoms with Gasteiger partial charge in [0, 0.05) is 22.2 Å². The number of hydrogen-bond donors (Lipinski definition) is 2. The number of aromatic amines is 1. The summed E-state index contributed by atoms with van der Waals surface area (Å²) in [6.07, 6.45) is 3.14. The molecule has 0 fully saturated rings. The molecule has 0 atom stereocenters. The topological polar surface area (TPSA) is 120 Å². The van der Waals surface area contributed by atoms with Crippen molar-refractivity contribution in [3.05, 3.63) is 48.2 Å². The molecular formula is C21H23N7O3. The van der Waals surface area contributed by atoms with Crippen molar-refractivity contribution >= 4 is 22.7 Å². The van der Waals surface area contributed by atoms with Gasteiger partial charge in [0.05, 0.1) is 32.0 Å². The summed E-state index contributed by atoms with van der Waals surface area (Å²) < 4.78 is 12.6. The van der Waals surface area contributed by atoms with E-state index in [1.165, 1.54) is 0 Å². The van der Waals surface area contributed by atoms with Gasteiger partial charge < -0.3 is 9.47 Å². The molecule has 0 aliphatic carbocycles. The maximum absolute atomic E-state index is 12.0. The summed E-state index contributed by atoms with van der Waals surface area (Å²) in [5.74, 6) is 1.19. The first kappa shape index (κ1) is 20.3. The van der Waals surface area contributed by atoms with Crippen LogP contribution in [0.5, 0.6) is 5.75 Å². The van der Waals surface area contributed by atoms with E-state index in [2.05, 4.69) is 31.0 Å². The van der Waals surface area contributed by atoms with Crippen LogP contribution in [0.1, 0.15) is 25.3 Å². The molecule has 0 aliphatic heterocycles. The quantitative estimate of drug-likeness (QED) is 0.417. The number of anilines is 1. The zero-order valence-electron chi connectivity index (χ0n) is 17.3. The fraction of sp³-hybridized carbons (Fsp3) is 0.286. The minimum atomic E-state index is -0.461. The fourth-order valence-electron chi connectivity index (χ4n) is 3.20. The lowest BCUT2D eigenvalue weighted by Crippen LogP contribution is -2.14. The number of unbranched alkanes of at least 4 members (excludes halogenated alkanes) is 1. The van der Waals surface area contributed by atoms with Gasteiger partial charge in [-0.2, -0.15) is 10.3 Å². The van der Waals surface area contributed by atoms with E-state index < -0.39 is 6.09 Å². The highest BCUT2D eigenvalue weighted by molar-refractivity contribution is 5.89. The number of H-pyrrole nitrogens is 1. The van der Waals surface area contributed by atoms with E-state index in [0.717, 1.165) is 34.9 Å². The van der Waals surface area contributed by atoms with Gasteiger partial charge >= 0.3 is 6.09 Å². The number of benzene rings is 2. The van der Waals surface area contributed by atoms with E-state index in [0.29, 0.717) is 30.4 Å². The average Bonchev–Trinajstić information content (AvgIpc) is 3.45. The van der Waals surface area contributed by atoms with Crippen LogP contribution in [0.4, 0.5) is 10.5 Å². The molecule has 2 aromatic carbocycles. The molecule has 0 aliphatic rings. The summed E-state index contributed by atoms with van der Waals surface area (Å²) in [6.45, 7) is 2.94. The Balaban J connectivity index is 1.55. The van der Waals surface area contributed by atoms with E-state index in [1.807, 2.05) is 48.0 Å². The Kier molecular flexibility index (Phi) is 6.06. The maximum atomic E-state index is 12.0. The van der Waals surface area contributed by atoms with Crippen molar-refractivity contribution in [3.63, 3.8) is 0 Å². The Morgan fingerprint density at radius 2 is 2.13 bits per heavy atom. The average molecular weight is 421 g/mol. The molecule has 0 saturated heterocycles. The van der Waals surface area contributed by atoms with Crippen LogP contribution in [0.3, 0.4) is 0 Å². The van der Waals surface area contributed by atoms with Crippen molar-refractivity contribution in [2.45, 2.75) is 26.3 Å². The highest BCUT2D eigenvalue weighted by Crippen LogP contribution is 2.27. The van der Waals surface area contributed by atoms with Crippen LogP contribution in [-0.4, -0.2) is 50.2 Å². The van der Waals surface area contributed by atoms with Gasteiger partial charge in [-0.05, 0) is 35.9 Å². The molecule has 0 spiro atoms. The maximum Gasteiger partial charge on any atom is 0.411 e. The zero-order valence-corrected chi connectivity index (χ0v) is 17.3. The Labute approximate surface area is 178 Å². The molecule has 0 radical (unpaired) electrons. The van der Waals surface area contributed by atoms with Crippen LogP contribution in [0, 0.1) is 0 Å². The lowest BCUT2D eigenvalue weighted by Gasteiger charge is -2.11. The van der Waals surface area contributed by atoms with Crippen molar-refractivity contribution in [1.82, 2.24) is 30.4 Å². The lowest BCUT2D eigenvalue weighted by atomic mass is 10.1. The Bertz CT molecular complexity index is 1170. The molecule has 10 nitrogen and oxygen atoms in total. The lowest BCUT2D eigenvalue weighted by molar-refractivity contribution is 0.160. The van der Waals surface area contributed by atoms with E-state index in [1.54, 1.807) is 13.3 Å². The van der Waals surface area contributed by atoms with E-state index >= 15 is 0 Å². The van der Waals surface area contributed by atoms with Gasteiger partial charge in [0.2, 0.25) is 5.82 Å². The smallest absolute Gasteiger partial charge is 0.411 e. The SMILES string of the molecule is CCCCOC(=O)Nc1ccc2cnn(Cc3ccc(-c4nn[nH]n4)cc3OC)c2c1. The molecule has 0 bridgehead atoms. The number of nitrogens with one attached hydrogen (secondary N) is 2. The van der Waals surface area contributed by atoms with Crippen molar-refractivity contribution in [3.8, 4) is 17.1 Å². The third-order valence-electron chi connectivity index (χ3n) is 4.83. The number of fused-ring (bicyclic) bond motifs is 1. The Hall–Kier alpha value is -3.95. The summed E-state index contributed by atoms with van der Waals surface area (Å²) in [4.78, 5) is 12.0. The molecule has 4 rings (SSSR count). The second-order valence-corrected chi connectivity index (χ2v) is 6.95. The van der Waals surface area contributed by atoms with Crippen LogP contribution in [-0.2, 0) is 11.3 Å². The number of rotatable bonds is 8. The summed E-state index contributed by atoms with van der Waals surface area (Å²) in [6, 6.07) is 11.3. The van der Waals surface area contributed by atoms with Gasteiger partial charge in [-0.3, -0.25) is 10.00 Å². The molecule has 2 aromatic heterocycles. The molecule has 4 aromatic rings. The van der Waals surface area contributed by atoms with Crippen LogP contribution in [0.15, 0.2) is 42.6 Å². The van der Waals surface area contributed by atoms with E-state index in [4.69, 9.17) is 9.47 Å². The largest absolute Gasteiger partial charge is 0.496 e. The van der Waals surface area contributed by atoms with Crippen molar-refractivity contribution < 1.29 is 14.3 Å². The van der Waals surface area contributed by atoms with E-state index in [-0.39, 0.29) is 0 Å². The van der Waals surface area contributed by atoms with Gasteiger partial charge in [0.1, 0.15) is 5.75 Å². The molecule has 2 heterocycles.